The Morgan fingerprint density at radius 3 is 2.36 bits per heavy atom. The summed E-state index contributed by atoms with van der Waals surface area (Å²) in [6.07, 6.45) is 0.697. The molecule has 0 atom stereocenters. The van der Waals surface area contributed by atoms with Crippen molar-refractivity contribution in [2.24, 2.45) is 0 Å². The van der Waals surface area contributed by atoms with Crippen molar-refractivity contribution in [2.45, 2.75) is 27.2 Å². The Bertz CT molecular complexity index is 498. The molecule has 2 amide bonds. The Kier molecular flexibility index (Phi) is 7.43. The second-order valence-electron chi connectivity index (χ2n) is 5.11. The SMILES string of the molecule is CCN(CC)C(=O)CN(CCc1cccc(OC)c1)C(C)=O. The maximum absolute atomic E-state index is 12.1. The lowest BCUT2D eigenvalue weighted by molar-refractivity contribution is -0.139. The molecule has 0 aliphatic carbocycles. The first-order valence-corrected chi connectivity index (χ1v) is 7.68. The van der Waals surface area contributed by atoms with Crippen LogP contribution in [0.2, 0.25) is 0 Å². The van der Waals surface area contributed by atoms with Crippen LogP contribution in [-0.4, -0.2) is 54.9 Å². The first-order chi connectivity index (χ1) is 10.5. The summed E-state index contributed by atoms with van der Waals surface area (Å²) in [5.41, 5.74) is 1.08. The van der Waals surface area contributed by atoms with Crippen LogP contribution < -0.4 is 4.74 Å². The summed E-state index contributed by atoms with van der Waals surface area (Å²) in [7, 11) is 1.63. The van der Waals surface area contributed by atoms with Gasteiger partial charge in [0.15, 0.2) is 0 Å². The second kappa shape index (κ2) is 9.07. The number of carbonyl (C=O) groups is 2. The summed E-state index contributed by atoms with van der Waals surface area (Å²) in [5.74, 6) is 0.709. The number of nitrogens with zero attached hydrogens (tertiary/aromatic N) is 2. The van der Waals surface area contributed by atoms with Crippen LogP contribution in [-0.2, 0) is 16.0 Å². The Balaban J connectivity index is 2.64. The van der Waals surface area contributed by atoms with E-state index in [2.05, 4.69) is 0 Å². The third-order valence-corrected chi connectivity index (χ3v) is 3.69. The van der Waals surface area contributed by atoms with Crippen LogP contribution >= 0.6 is 0 Å². The molecule has 0 heterocycles. The van der Waals surface area contributed by atoms with Gasteiger partial charge in [0.1, 0.15) is 5.75 Å². The lowest BCUT2D eigenvalue weighted by Gasteiger charge is -2.25. The van der Waals surface area contributed by atoms with Crippen LogP contribution in [0, 0.1) is 0 Å². The first-order valence-electron chi connectivity index (χ1n) is 7.68. The summed E-state index contributed by atoms with van der Waals surface area (Å²) in [5, 5.41) is 0. The minimum atomic E-state index is -0.0802. The molecule has 1 aromatic carbocycles. The maximum Gasteiger partial charge on any atom is 0.242 e. The molecule has 0 fully saturated rings. The van der Waals surface area contributed by atoms with Crippen molar-refractivity contribution in [3.63, 3.8) is 0 Å². The van der Waals surface area contributed by atoms with Gasteiger partial charge in [-0.15, -0.1) is 0 Å². The molecule has 5 nitrogen and oxygen atoms in total. The molecule has 0 N–H and O–H groups in total. The van der Waals surface area contributed by atoms with Gasteiger partial charge in [0.25, 0.3) is 0 Å². The molecule has 0 aromatic heterocycles. The highest BCUT2D eigenvalue weighted by Gasteiger charge is 2.17. The van der Waals surface area contributed by atoms with Crippen molar-refractivity contribution < 1.29 is 14.3 Å². The van der Waals surface area contributed by atoms with Crippen LogP contribution in [0.1, 0.15) is 26.3 Å². The lowest BCUT2D eigenvalue weighted by Crippen LogP contribution is -2.42. The minimum Gasteiger partial charge on any atom is -0.497 e. The van der Waals surface area contributed by atoms with Crippen molar-refractivity contribution in [1.82, 2.24) is 9.80 Å². The number of hydrogen-bond acceptors (Lipinski definition) is 3. The highest BCUT2D eigenvalue weighted by molar-refractivity contribution is 5.83. The van der Waals surface area contributed by atoms with Crippen LogP contribution in [0.25, 0.3) is 0 Å². The van der Waals surface area contributed by atoms with E-state index in [1.165, 1.54) is 6.92 Å². The van der Waals surface area contributed by atoms with E-state index < -0.39 is 0 Å². The average Bonchev–Trinajstić information content (AvgIpc) is 2.52. The van der Waals surface area contributed by atoms with E-state index in [1.54, 1.807) is 16.9 Å². The minimum absolute atomic E-state index is 0.00848. The molecular formula is C17H26N2O3. The van der Waals surface area contributed by atoms with Crippen LogP contribution in [0.3, 0.4) is 0 Å². The highest BCUT2D eigenvalue weighted by Crippen LogP contribution is 2.13. The fourth-order valence-corrected chi connectivity index (χ4v) is 2.28. The van der Waals surface area contributed by atoms with E-state index in [9.17, 15) is 9.59 Å². The van der Waals surface area contributed by atoms with Crippen molar-refractivity contribution >= 4 is 11.8 Å². The van der Waals surface area contributed by atoms with E-state index in [0.717, 1.165) is 11.3 Å². The summed E-state index contributed by atoms with van der Waals surface area (Å²) in [6.45, 7) is 7.37. The van der Waals surface area contributed by atoms with Gasteiger partial charge in [0.05, 0.1) is 13.7 Å². The van der Waals surface area contributed by atoms with Gasteiger partial charge in [-0.3, -0.25) is 9.59 Å². The maximum atomic E-state index is 12.1. The quantitative estimate of drug-likeness (QED) is 0.737. The number of amides is 2. The molecule has 122 valence electrons. The van der Waals surface area contributed by atoms with Gasteiger partial charge in [-0.05, 0) is 38.0 Å². The molecule has 0 saturated heterocycles. The lowest BCUT2D eigenvalue weighted by atomic mass is 10.1. The van der Waals surface area contributed by atoms with E-state index >= 15 is 0 Å². The zero-order valence-electron chi connectivity index (χ0n) is 14.0. The number of ether oxygens (including phenoxy) is 1. The van der Waals surface area contributed by atoms with Crippen LogP contribution in [0.5, 0.6) is 5.75 Å². The molecule has 22 heavy (non-hydrogen) atoms. The largest absolute Gasteiger partial charge is 0.497 e. The fraction of sp³-hybridized carbons (Fsp3) is 0.529. The average molecular weight is 306 g/mol. The molecule has 0 spiro atoms. The van der Waals surface area contributed by atoms with Crippen LogP contribution in [0.4, 0.5) is 0 Å². The Morgan fingerprint density at radius 2 is 1.82 bits per heavy atom. The van der Waals surface area contributed by atoms with Gasteiger partial charge in [0.2, 0.25) is 11.8 Å². The van der Waals surface area contributed by atoms with Gasteiger partial charge in [-0.25, -0.2) is 0 Å². The molecule has 0 aliphatic heterocycles. The molecule has 0 bridgehead atoms. The number of carbonyl (C=O) groups excluding carboxylic acids is 2. The predicted octanol–water partition coefficient (Wildman–Crippen LogP) is 1.95. The predicted molar refractivity (Wildman–Crippen MR) is 86.9 cm³/mol. The Hall–Kier alpha value is -2.04. The summed E-state index contributed by atoms with van der Waals surface area (Å²) >= 11 is 0. The van der Waals surface area contributed by atoms with Crippen LogP contribution in [0.15, 0.2) is 24.3 Å². The zero-order chi connectivity index (χ0) is 16.5. The highest BCUT2D eigenvalue weighted by atomic mass is 16.5. The number of benzene rings is 1. The third-order valence-electron chi connectivity index (χ3n) is 3.69. The molecule has 5 heteroatoms. The molecular weight excluding hydrogens is 280 g/mol. The molecule has 1 aromatic rings. The first kappa shape index (κ1) is 18.0. The van der Waals surface area contributed by atoms with Crippen molar-refractivity contribution in [1.29, 1.82) is 0 Å². The summed E-state index contributed by atoms with van der Waals surface area (Å²) < 4.78 is 5.19. The number of hydrogen-bond donors (Lipinski definition) is 0. The van der Waals surface area contributed by atoms with E-state index in [4.69, 9.17) is 4.74 Å². The fourth-order valence-electron chi connectivity index (χ4n) is 2.28. The summed E-state index contributed by atoms with van der Waals surface area (Å²) in [4.78, 5) is 27.2. The Labute approximate surface area is 132 Å². The number of rotatable bonds is 8. The van der Waals surface area contributed by atoms with Crippen molar-refractivity contribution in [3.05, 3.63) is 29.8 Å². The monoisotopic (exact) mass is 306 g/mol. The third kappa shape index (κ3) is 5.39. The molecule has 0 saturated carbocycles. The standard InChI is InChI=1S/C17H26N2O3/c1-5-18(6-2)17(21)13-19(14(3)20)11-10-15-8-7-9-16(12-15)22-4/h7-9,12H,5-6,10-11,13H2,1-4H3. The second-order valence-corrected chi connectivity index (χ2v) is 5.11. The smallest absolute Gasteiger partial charge is 0.242 e. The van der Waals surface area contributed by atoms with E-state index in [-0.39, 0.29) is 18.4 Å². The molecule has 0 aliphatic rings. The van der Waals surface area contributed by atoms with Crippen molar-refractivity contribution in [3.8, 4) is 5.75 Å². The zero-order valence-corrected chi connectivity index (χ0v) is 14.0. The van der Waals surface area contributed by atoms with Gasteiger partial charge in [0, 0.05) is 26.6 Å². The van der Waals surface area contributed by atoms with Gasteiger partial charge >= 0.3 is 0 Å². The van der Waals surface area contributed by atoms with Gasteiger partial charge in [-0.1, -0.05) is 12.1 Å². The Morgan fingerprint density at radius 1 is 1.14 bits per heavy atom. The number of likely N-dealkylation sites (N-methyl/N-ethyl adjacent to an activating group) is 1. The molecule has 1 rings (SSSR count). The number of methoxy groups -OCH3 is 1. The van der Waals surface area contributed by atoms with E-state index in [1.807, 2.05) is 38.1 Å². The van der Waals surface area contributed by atoms with Gasteiger partial charge < -0.3 is 14.5 Å². The summed E-state index contributed by atoms with van der Waals surface area (Å²) in [6, 6.07) is 7.75. The van der Waals surface area contributed by atoms with Gasteiger partial charge in [-0.2, -0.15) is 0 Å². The normalized spacial score (nSPS) is 10.2. The topological polar surface area (TPSA) is 49.9 Å². The molecule has 0 radical (unpaired) electrons. The van der Waals surface area contributed by atoms with Crippen molar-refractivity contribution in [2.75, 3.05) is 33.3 Å². The molecule has 0 unspecified atom stereocenters. The van der Waals surface area contributed by atoms with E-state index in [0.29, 0.717) is 26.1 Å².